The summed E-state index contributed by atoms with van der Waals surface area (Å²) >= 11 is 0. The Hall–Kier alpha value is -2.24. The molecular formula is C25H40O6. The Kier molecular flexibility index (Phi) is 15.1. The maximum Gasteiger partial charge on any atom is 0.311 e. The number of carbonyl (C=O) groups excluding carboxylic acids is 2. The molecule has 1 aromatic rings. The van der Waals surface area contributed by atoms with Gasteiger partial charge in [-0.3, -0.25) is 9.59 Å². The number of hydrogen-bond acceptors (Lipinski definition) is 6. The van der Waals surface area contributed by atoms with E-state index in [4.69, 9.17) is 18.9 Å². The van der Waals surface area contributed by atoms with Crippen LogP contribution in [-0.2, 0) is 14.3 Å². The van der Waals surface area contributed by atoms with E-state index in [0.29, 0.717) is 36.7 Å². The van der Waals surface area contributed by atoms with Crippen molar-refractivity contribution < 1.29 is 28.5 Å². The first-order valence-electron chi connectivity index (χ1n) is 11.7. The molecule has 0 radical (unpaired) electrons. The third-order valence-electron chi connectivity index (χ3n) is 5.12. The minimum Gasteiger partial charge on any atom is -0.493 e. The van der Waals surface area contributed by atoms with Crippen molar-refractivity contribution in [2.24, 2.45) is 0 Å². The Morgan fingerprint density at radius 3 is 1.81 bits per heavy atom. The summed E-state index contributed by atoms with van der Waals surface area (Å²) in [5, 5.41) is 0. The highest BCUT2D eigenvalue weighted by Crippen LogP contribution is 2.37. The van der Waals surface area contributed by atoms with Crippen LogP contribution in [0.3, 0.4) is 0 Å². The molecule has 0 aliphatic carbocycles. The van der Waals surface area contributed by atoms with Crippen LogP contribution in [0, 0.1) is 0 Å². The van der Waals surface area contributed by atoms with E-state index in [1.54, 1.807) is 18.2 Å². The summed E-state index contributed by atoms with van der Waals surface area (Å²) in [6.45, 7) is 2.74. The van der Waals surface area contributed by atoms with Gasteiger partial charge in [0.2, 0.25) is 5.75 Å². The fraction of sp³-hybridized carbons (Fsp3) is 0.680. The molecule has 0 heterocycles. The number of ether oxygens (including phenoxy) is 4. The number of rotatable bonds is 18. The highest BCUT2D eigenvalue weighted by molar-refractivity contribution is 5.74. The molecule has 0 saturated carbocycles. The number of para-hydroxylation sites is 1. The van der Waals surface area contributed by atoms with Gasteiger partial charge in [0.05, 0.1) is 20.8 Å². The van der Waals surface area contributed by atoms with E-state index in [-0.39, 0.29) is 11.9 Å². The van der Waals surface area contributed by atoms with Gasteiger partial charge in [-0.2, -0.15) is 0 Å². The summed E-state index contributed by atoms with van der Waals surface area (Å²) in [6.07, 6.45) is 12.4. The first-order chi connectivity index (χ1) is 15.1. The molecule has 0 aliphatic heterocycles. The van der Waals surface area contributed by atoms with Crippen LogP contribution < -0.4 is 14.2 Å². The topological polar surface area (TPSA) is 71.1 Å². The van der Waals surface area contributed by atoms with Gasteiger partial charge in [-0.25, -0.2) is 0 Å². The Morgan fingerprint density at radius 1 is 0.710 bits per heavy atom. The average molecular weight is 437 g/mol. The van der Waals surface area contributed by atoms with Gasteiger partial charge in [0.1, 0.15) is 0 Å². The molecule has 0 aliphatic rings. The predicted molar refractivity (Wildman–Crippen MR) is 122 cm³/mol. The number of benzene rings is 1. The molecule has 1 aromatic carbocycles. The highest BCUT2D eigenvalue weighted by Gasteiger charge is 2.15. The van der Waals surface area contributed by atoms with E-state index in [2.05, 4.69) is 6.92 Å². The lowest BCUT2D eigenvalue weighted by atomic mass is 10.1. The maximum atomic E-state index is 12.1. The third-order valence-corrected chi connectivity index (χ3v) is 5.12. The van der Waals surface area contributed by atoms with E-state index >= 15 is 0 Å². The number of hydrogen-bond donors (Lipinski definition) is 0. The molecule has 0 atom stereocenters. The van der Waals surface area contributed by atoms with Crippen molar-refractivity contribution in [2.75, 3.05) is 20.8 Å². The quantitative estimate of drug-likeness (QED) is 0.154. The van der Waals surface area contributed by atoms with Crippen LogP contribution in [0.5, 0.6) is 17.2 Å². The number of carbonyl (C=O) groups is 2. The minimum atomic E-state index is -0.291. The monoisotopic (exact) mass is 436 g/mol. The Labute approximate surface area is 187 Å². The van der Waals surface area contributed by atoms with Crippen LogP contribution in [0.1, 0.15) is 90.4 Å². The smallest absolute Gasteiger partial charge is 0.311 e. The molecule has 0 aromatic heterocycles. The van der Waals surface area contributed by atoms with Gasteiger partial charge in [0, 0.05) is 12.8 Å². The molecule has 0 amide bonds. The molecule has 0 unspecified atom stereocenters. The first-order valence-corrected chi connectivity index (χ1v) is 11.7. The molecule has 6 nitrogen and oxygen atoms in total. The van der Waals surface area contributed by atoms with Crippen molar-refractivity contribution >= 4 is 11.9 Å². The molecular weight excluding hydrogens is 396 g/mol. The van der Waals surface area contributed by atoms with Gasteiger partial charge in [-0.05, 0) is 31.4 Å². The fourth-order valence-corrected chi connectivity index (χ4v) is 3.29. The summed E-state index contributed by atoms with van der Waals surface area (Å²) in [7, 11) is 3.06. The molecule has 31 heavy (non-hydrogen) atoms. The van der Waals surface area contributed by atoms with Crippen LogP contribution in [0.15, 0.2) is 18.2 Å². The Balaban J connectivity index is 2.04. The lowest BCUT2D eigenvalue weighted by Gasteiger charge is -2.12. The Bertz CT molecular complexity index is 606. The second kappa shape index (κ2) is 17.4. The lowest BCUT2D eigenvalue weighted by Crippen LogP contribution is -2.09. The van der Waals surface area contributed by atoms with Crippen molar-refractivity contribution in [3.63, 3.8) is 0 Å². The molecule has 0 saturated heterocycles. The normalized spacial score (nSPS) is 10.5. The van der Waals surface area contributed by atoms with Gasteiger partial charge >= 0.3 is 11.9 Å². The zero-order valence-electron chi connectivity index (χ0n) is 19.6. The molecule has 6 heteroatoms. The summed E-state index contributed by atoms with van der Waals surface area (Å²) in [6, 6.07) is 5.24. The summed E-state index contributed by atoms with van der Waals surface area (Å²) in [5.74, 6) is 0.904. The number of unbranched alkanes of at least 4 members (excludes halogenated alkanes) is 9. The van der Waals surface area contributed by atoms with Crippen molar-refractivity contribution in [3.8, 4) is 17.2 Å². The van der Waals surface area contributed by atoms with Gasteiger partial charge in [-0.15, -0.1) is 0 Å². The second-order valence-electron chi connectivity index (χ2n) is 7.72. The summed E-state index contributed by atoms with van der Waals surface area (Å²) in [5.41, 5.74) is 0. The average Bonchev–Trinajstić information content (AvgIpc) is 2.78. The van der Waals surface area contributed by atoms with Gasteiger partial charge < -0.3 is 18.9 Å². The molecule has 0 N–H and O–H groups in total. The van der Waals surface area contributed by atoms with Crippen LogP contribution >= 0.6 is 0 Å². The standard InChI is InChI=1S/C25H40O6/c1-4-5-6-11-14-20-30-23(26)18-12-9-7-8-10-13-19-24(27)31-25-21(28-2)16-15-17-22(25)29-3/h15-17H,4-14,18-20H2,1-3H3. The van der Waals surface area contributed by atoms with Crippen LogP contribution in [0.2, 0.25) is 0 Å². The fourth-order valence-electron chi connectivity index (χ4n) is 3.29. The van der Waals surface area contributed by atoms with E-state index in [1.165, 1.54) is 33.5 Å². The van der Waals surface area contributed by atoms with Crippen molar-refractivity contribution in [1.29, 1.82) is 0 Å². The molecule has 0 fully saturated rings. The van der Waals surface area contributed by atoms with E-state index < -0.39 is 0 Å². The van der Waals surface area contributed by atoms with Gasteiger partial charge in [0.25, 0.3) is 0 Å². The lowest BCUT2D eigenvalue weighted by molar-refractivity contribution is -0.144. The van der Waals surface area contributed by atoms with Crippen LogP contribution in [0.25, 0.3) is 0 Å². The van der Waals surface area contributed by atoms with Gasteiger partial charge in [0.15, 0.2) is 11.5 Å². The molecule has 1 rings (SSSR count). The Morgan fingerprint density at radius 2 is 1.23 bits per heavy atom. The zero-order valence-corrected chi connectivity index (χ0v) is 19.6. The maximum absolute atomic E-state index is 12.1. The van der Waals surface area contributed by atoms with Gasteiger partial charge in [-0.1, -0.05) is 64.4 Å². The van der Waals surface area contributed by atoms with Crippen molar-refractivity contribution in [2.45, 2.75) is 90.4 Å². The molecule has 176 valence electrons. The summed E-state index contributed by atoms with van der Waals surface area (Å²) in [4.78, 5) is 23.8. The molecule has 0 bridgehead atoms. The van der Waals surface area contributed by atoms with E-state index in [1.807, 2.05) is 0 Å². The predicted octanol–water partition coefficient (Wildman–Crippen LogP) is 6.24. The second-order valence-corrected chi connectivity index (χ2v) is 7.72. The summed E-state index contributed by atoms with van der Waals surface area (Å²) < 4.78 is 21.2. The zero-order chi connectivity index (χ0) is 22.7. The van der Waals surface area contributed by atoms with Crippen molar-refractivity contribution in [1.82, 2.24) is 0 Å². The van der Waals surface area contributed by atoms with E-state index in [9.17, 15) is 9.59 Å². The first kappa shape index (κ1) is 26.8. The van der Waals surface area contributed by atoms with Crippen molar-refractivity contribution in [3.05, 3.63) is 18.2 Å². The van der Waals surface area contributed by atoms with Crippen LogP contribution in [-0.4, -0.2) is 32.8 Å². The SMILES string of the molecule is CCCCCCCOC(=O)CCCCCCCCC(=O)Oc1c(OC)cccc1OC. The number of esters is 2. The minimum absolute atomic E-state index is 0.0787. The van der Waals surface area contributed by atoms with Crippen LogP contribution in [0.4, 0.5) is 0 Å². The number of methoxy groups -OCH3 is 2. The van der Waals surface area contributed by atoms with E-state index in [0.717, 1.165) is 51.4 Å². The third kappa shape index (κ3) is 12.3. The molecule has 0 spiro atoms. The largest absolute Gasteiger partial charge is 0.493 e. The highest BCUT2D eigenvalue weighted by atomic mass is 16.6.